The second-order valence-electron chi connectivity index (χ2n) is 5.27. The van der Waals surface area contributed by atoms with Crippen molar-refractivity contribution in [3.8, 4) is 17.2 Å². The number of carbonyl (C=O) groups is 2. The number of cyclic esters (lactones) is 1. The van der Waals surface area contributed by atoms with Crippen molar-refractivity contribution in [3.63, 3.8) is 0 Å². The van der Waals surface area contributed by atoms with Crippen LogP contribution in [0.15, 0.2) is 24.3 Å². The number of esters is 1. The third kappa shape index (κ3) is 2.22. The number of rotatable bonds is 2. The monoisotopic (exact) mass is 316 g/mol. The van der Waals surface area contributed by atoms with Gasteiger partial charge in [0.25, 0.3) is 0 Å². The SMILES string of the molecule is Cc1cc(O)c2c(c1)C(c1c(O)cc(C(=O)O)cc1O)OC2=O. The van der Waals surface area contributed by atoms with E-state index >= 15 is 0 Å². The number of ether oxygens (including phenoxy) is 1. The fourth-order valence-electron chi connectivity index (χ4n) is 2.68. The molecule has 0 bridgehead atoms. The van der Waals surface area contributed by atoms with E-state index in [-0.39, 0.29) is 22.4 Å². The molecule has 23 heavy (non-hydrogen) atoms. The number of fused-ring (bicyclic) bond motifs is 1. The highest BCUT2D eigenvalue weighted by Crippen LogP contribution is 2.46. The summed E-state index contributed by atoms with van der Waals surface area (Å²) in [5, 5.41) is 38.9. The second kappa shape index (κ2) is 4.91. The van der Waals surface area contributed by atoms with Crippen LogP contribution in [0, 0.1) is 6.92 Å². The van der Waals surface area contributed by atoms with E-state index in [1.165, 1.54) is 6.07 Å². The Morgan fingerprint density at radius 1 is 1.04 bits per heavy atom. The first kappa shape index (κ1) is 14.7. The number of aryl methyl sites for hydroxylation is 1. The zero-order valence-corrected chi connectivity index (χ0v) is 11.9. The lowest BCUT2D eigenvalue weighted by atomic mass is 9.94. The van der Waals surface area contributed by atoms with E-state index in [1.807, 2.05) is 0 Å². The molecule has 2 aromatic rings. The molecule has 118 valence electrons. The molecule has 0 radical (unpaired) electrons. The molecule has 1 aliphatic heterocycles. The van der Waals surface area contributed by atoms with Gasteiger partial charge >= 0.3 is 11.9 Å². The molecule has 0 spiro atoms. The molecule has 7 heteroatoms. The number of aromatic carboxylic acids is 1. The number of carboxylic acid groups (broad SMARTS) is 1. The average Bonchev–Trinajstić information content (AvgIpc) is 2.74. The first-order chi connectivity index (χ1) is 10.8. The summed E-state index contributed by atoms with van der Waals surface area (Å²) in [6.45, 7) is 1.70. The van der Waals surface area contributed by atoms with E-state index in [0.29, 0.717) is 11.1 Å². The number of carboxylic acids is 1. The van der Waals surface area contributed by atoms with Crippen LogP contribution in [0.25, 0.3) is 0 Å². The third-order valence-electron chi connectivity index (χ3n) is 3.65. The van der Waals surface area contributed by atoms with Gasteiger partial charge < -0.3 is 25.2 Å². The van der Waals surface area contributed by atoms with Crippen LogP contribution < -0.4 is 0 Å². The molecule has 7 nitrogen and oxygen atoms in total. The van der Waals surface area contributed by atoms with Gasteiger partial charge in [0.15, 0.2) is 6.10 Å². The number of phenols is 3. The van der Waals surface area contributed by atoms with Crippen LogP contribution >= 0.6 is 0 Å². The first-order valence-corrected chi connectivity index (χ1v) is 6.63. The average molecular weight is 316 g/mol. The Bertz CT molecular complexity index is 831. The summed E-state index contributed by atoms with van der Waals surface area (Å²) in [7, 11) is 0. The third-order valence-corrected chi connectivity index (χ3v) is 3.65. The Kier molecular flexibility index (Phi) is 3.14. The van der Waals surface area contributed by atoms with Crippen molar-refractivity contribution in [2.24, 2.45) is 0 Å². The smallest absolute Gasteiger partial charge is 0.343 e. The number of carbonyl (C=O) groups excluding carboxylic acids is 1. The van der Waals surface area contributed by atoms with Gasteiger partial charge in [0, 0.05) is 5.56 Å². The molecule has 1 unspecified atom stereocenters. The quantitative estimate of drug-likeness (QED) is 0.625. The number of benzene rings is 2. The molecule has 0 amide bonds. The fourth-order valence-corrected chi connectivity index (χ4v) is 2.68. The van der Waals surface area contributed by atoms with Crippen molar-refractivity contribution in [3.05, 3.63) is 52.1 Å². The molecule has 4 N–H and O–H groups in total. The van der Waals surface area contributed by atoms with Crippen molar-refractivity contribution >= 4 is 11.9 Å². The van der Waals surface area contributed by atoms with Gasteiger partial charge in [-0.3, -0.25) is 0 Å². The van der Waals surface area contributed by atoms with Crippen molar-refractivity contribution in [1.82, 2.24) is 0 Å². The normalized spacial score (nSPS) is 16.0. The maximum Gasteiger partial charge on any atom is 0.343 e. The summed E-state index contributed by atoms with van der Waals surface area (Å²) in [6, 6.07) is 4.90. The zero-order chi connectivity index (χ0) is 16.9. The van der Waals surface area contributed by atoms with Crippen LogP contribution in [0.4, 0.5) is 0 Å². The Labute approximate surface area is 130 Å². The van der Waals surface area contributed by atoms with E-state index < -0.39 is 29.5 Å². The molecular weight excluding hydrogens is 304 g/mol. The van der Waals surface area contributed by atoms with E-state index in [1.54, 1.807) is 13.0 Å². The summed E-state index contributed by atoms with van der Waals surface area (Å²) >= 11 is 0. The van der Waals surface area contributed by atoms with Gasteiger partial charge in [0.05, 0.1) is 11.1 Å². The van der Waals surface area contributed by atoms with Gasteiger partial charge in [-0.1, -0.05) is 6.07 Å². The number of phenolic OH excluding ortho intramolecular Hbond substituents is 3. The van der Waals surface area contributed by atoms with Crippen LogP contribution in [-0.2, 0) is 4.74 Å². The summed E-state index contributed by atoms with van der Waals surface area (Å²) in [4.78, 5) is 22.9. The van der Waals surface area contributed by atoms with Crippen molar-refractivity contribution in [2.75, 3.05) is 0 Å². The molecule has 2 aromatic carbocycles. The van der Waals surface area contributed by atoms with Crippen molar-refractivity contribution in [1.29, 1.82) is 0 Å². The summed E-state index contributed by atoms with van der Waals surface area (Å²) in [5.74, 6) is -3.40. The molecule has 0 fully saturated rings. The predicted octanol–water partition coefficient (Wildman–Crippen LogP) is 2.07. The minimum atomic E-state index is -1.32. The molecule has 1 atom stereocenters. The predicted molar refractivity (Wildman–Crippen MR) is 76.8 cm³/mol. The van der Waals surface area contributed by atoms with E-state index in [2.05, 4.69) is 0 Å². The highest BCUT2D eigenvalue weighted by Gasteiger charge is 2.38. The molecular formula is C16H12O7. The van der Waals surface area contributed by atoms with Gasteiger partial charge in [0.2, 0.25) is 0 Å². The van der Waals surface area contributed by atoms with Gasteiger partial charge in [-0.05, 0) is 30.7 Å². The Balaban J connectivity index is 2.20. The van der Waals surface area contributed by atoms with Crippen LogP contribution in [0.3, 0.4) is 0 Å². The molecule has 0 aliphatic carbocycles. The van der Waals surface area contributed by atoms with Crippen LogP contribution in [0.5, 0.6) is 17.2 Å². The molecule has 0 aromatic heterocycles. The lowest BCUT2D eigenvalue weighted by Gasteiger charge is -2.15. The summed E-state index contributed by atoms with van der Waals surface area (Å²) < 4.78 is 5.15. The highest BCUT2D eigenvalue weighted by molar-refractivity contribution is 5.98. The van der Waals surface area contributed by atoms with Gasteiger partial charge in [0.1, 0.15) is 22.8 Å². The van der Waals surface area contributed by atoms with Crippen LogP contribution in [-0.4, -0.2) is 32.4 Å². The Morgan fingerprint density at radius 3 is 2.22 bits per heavy atom. The number of aromatic hydroxyl groups is 3. The number of hydrogen-bond acceptors (Lipinski definition) is 6. The van der Waals surface area contributed by atoms with Gasteiger partial charge in [-0.15, -0.1) is 0 Å². The minimum absolute atomic E-state index is 0.0401. The van der Waals surface area contributed by atoms with Crippen LogP contribution in [0.1, 0.15) is 43.5 Å². The van der Waals surface area contributed by atoms with E-state index in [4.69, 9.17) is 9.84 Å². The van der Waals surface area contributed by atoms with Gasteiger partial charge in [-0.25, -0.2) is 9.59 Å². The topological polar surface area (TPSA) is 124 Å². The maximum atomic E-state index is 11.9. The lowest BCUT2D eigenvalue weighted by molar-refractivity contribution is 0.0447. The highest BCUT2D eigenvalue weighted by atomic mass is 16.6. The Morgan fingerprint density at radius 2 is 1.65 bits per heavy atom. The first-order valence-electron chi connectivity index (χ1n) is 6.63. The molecule has 0 saturated heterocycles. The fraction of sp³-hybridized carbons (Fsp3) is 0.125. The molecule has 1 heterocycles. The molecule has 0 saturated carbocycles. The second-order valence-corrected chi connectivity index (χ2v) is 5.27. The zero-order valence-electron chi connectivity index (χ0n) is 11.9. The van der Waals surface area contributed by atoms with E-state index in [0.717, 1.165) is 12.1 Å². The minimum Gasteiger partial charge on any atom is -0.507 e. The molecule has 1 aliphatic rings. The van der Waals surface area contributed by atoms with E-state index in [9.17, 15) is 24.9 Å². The summed E-state index contributed by atoms with van der Waals surface area (Å²) in [6.07, 6.45) is -1.13. The Hall–Kier alpha value is -3.22. The van der Waals surface area contributed by atoms with Crippen LogP contribution in [0.2, 0.25) is 0 Å². The largest absolute Gasteiger partial charge is 0.507 e. The lowest BCUT2D eigenvalue weighted by Crippen LogP contribution is -2.04. The van der Waals surface area contributed by atoms with Gasteiger partial charge in [-0.2, -0.15) is 0 Å². The summed E-state index contributed by atoms with van der Waals surface area (Å²) in [5.41, 5.74) is 0.473. The van der Waals surface area contributed by atoms with Crippen molar-refractivity contribution in [2.45, 2.75) is 13.0 Å². The standard InChI is InChI=1S/C16H12O7/c1-6-2-8-12(9(17)3-6)16(22)23-14(8)13-10(18)4-7(15(20)21)5-11(13)19/h2-5,14,17-19H,1H3,(H,20,21). The maximum absolute atomic E-state index is 11.9. The van der Waals surface area contributed by atoms with Crippen molar-refractivity contribution < 1.29 is 34.8 Å². The molecule has 3 rings (SSSR count). The number of hydrogen-bond donors (Lipinski definition) is 4.